The number of amides is 12. The second kappa shape index (κ2) is 36.0. The molecule has 0 bridgehead atoms. The minimum atomic E-state index is -1.97. The van der Waals surface area contributed by atoms with Crippen molar-refractivity contribution in [3.8, 4) is 11.5 Å². The molecule has 30 heteroatoms. The number of primary amides is 2. The van der Waals surface area contributed by atoms with Gasteiger partial charge in [0.1, 0.15) is 65.9 Å². The lowest BCUT2D eigenvalue weighted by atomic mass is 10.0. The van der Waals surface area contributed by atoms with Crippen molar-refractivity contribution in [3.63, 3.8) is 0 Å². The van der Waals surface area contributed by atoms with Crippen LogP contribution in [0, 0.1) is 5.41 Å². The van der Waals surface area contributed by atoms with Crippen molar-refractivity contribution >= 4 is 76.8 Å². The molecule has 1 aliphatic rings. The highest BCUT2D eigenvalue weighted by Gasteiger charge is 2.37. The van der Waals surface area contributed by atoms with Crippen LogP contribution in [0.4, 0.5) is 0 Å². The third-order valence-corrected chi connectivity index (χ3v) is 15.1. The van der Waals surface area contributed by atoms with Crippen LogP contribution in [0.1, 0.15) is 60.4 Å². The molecule has 0 radical (unpaired) electrons. The molecule has 12 amide bonds. The molecule has 10 atom stereocenters. The molecule has 0 saturated carbocycles. The molecule has 0 spiro atoms. The van der Waals surface area contributed by atoms with Crippen LogP contribution < -0.4 is 81.4 Å². The van der Waals surface area contributed by atoms with E-state index in [-0.39, 0.29) is 63.0 Å². The van der Waals surface area contributed by atoms with E-state index >= 15 is 0 Å². The zero-order chi connectivity index (χ0) is 69.1. The van der Waals surface area contributed by atoms with Gasteiger partial charge >= 0.3 is 0 Å². The molecule has 1 fully saturated rings. The molecule has 4 unspecified atom stereocenters. The molecule has 0 aliphatic carbocycles. The Bertz CT molecular complexity index is 3520. The number of guanidine groups is 1. The minimum absolute atomic E-state index is 0.0115. The molecule has 1 saturated heterocycles. The first-order valence-corrected chi connectivity index (χ1v) is 30.4. The maximum Gasteiger partial charge on any atom is 0.245 e. The molecular weight excluding hydrogens is 1230 g/mol. The number of nitrogens with one attached hydrogen (secondary N) is 12. The van der Waals surface area contributed by atoms with Gasteiger partial charge in [0, 0.05) is 38.8 Å². The number of rotatable bonds is 22. The first-order chi connectivity index (χ1) is 45.3. The SMILES string of the molecule is C[C@@H]1NC(=O)C(CC(N)=O)NC(=O)[C@H](Cc2ccccc2)NC(=O)C(Cc2ccccc2)NC(=O)C(CCCNC(=N)N)NC(=O)[C@@H](NC(=O)[C@@H](N)Cc2ccc(O)cc2)CNC(=O)[C@H](CC(=O)N[C@@H](Cc2ccc(O)cc2)C(N)=O)NC(=O)C(Cc2ccccc2)NC1=O. The molecule has 30 nitrogen and oxygen atoms in total. The van der Waals surface area contributed by atoms with Crippen molar-refractivity contribution in [1.29, 1.82) is 5.41 Å². The van der Waals surface area contributed by atoms with Crippen LogP contribution in [0.2, 0.25) is 0 Å². The fourth-order valence-corrected chi connectivity index (χ4v) is 9.95. The monoisotopic (exact) mass is 1310 g/mol. The molecule has 6 rings (SSSR count). The van der Waals surface area contributed by atoms with E-state index in [2.05, 4.69) is 58.5 Å². The largest absolute Gasteiger partial charge is 0.508 e. The Balaban J connectivity index is 1.46. The van der Waals surface area contributed by atoms with Crippen molar-refractivity contribution in [2.45, 2.75) is 125 Å². The fraction of sp³-hybridized carbons (Fsp3) is 0.338. The van der Waals surface area contributed by atoms with E-state index in [9.17, 15) is 67.7 Å². The van der Waals surface area contributed by atoms with Crippen LogP contribution in [0.3, 0.4) is 0 Å². The van der Waals surface area contributed by atoms with Crippen LogP contribution in [-0.4, -0.2) is 161 Å². The molecule has 1 aliphatic heterocycles. The van der Waals surface area contributed by atoms with Crippen molar-refractivity contribution < 1.29 is 67.7 Å². The lowest BCUT2D eigenvalue weighted by Crippen LogP contribution is -2.62. The number of carbonyl (C=O) groups excluding carboxylic acids is 12. The van der Waals surface area contributed by atoms with Crippen LogP contribution in [0.25, 0.3) is 0 Å². The lowest BCUT2D eigenvalue weighted by molar-refractivity contribution is -0.136. The van der Waals surface area contributed by atoms with Crippen LogP contribution >= 0.6 is 0 Å². The minimum Gasteiger partial charge on any atom is -0.508 e. The van der Waals surface area contributed by atoms with E-state index in [1.54, 1.807) is 91.0 Å². The van der Waals surface area contributed by atoms with E-state index in [0.29, 0.717) is 27.8 Å². The van der Waals surface area contributed by atoms with Crippen molar-refractivity contribution in [1.82, 2.24) is 58.5 Å². The molecule has 5 aromatic carbocycles. The van der Waals surface area contributed by atoms with Gasteiger partial charge in [0.15, 0.2) is 5.96 Å². The summed E-state index contributed by atoms with van der Waals surface area (Å²) in [6.07, 6.45) is -3.15. The Morgan fingerprint density at radius 1 is 0.505 bits per heavy atom. The van der Waals surface area contributed by atoms with Crippen molar-refractivity contribution in [2.75, 3.05) is 13.1 Å². The van der Waals surface area contributed by atoms with Gasteiger partial charge in [0.25, 0.3) is 0 Å². The van der Waals surface area contributed by atoms with Crippen molar-refractivity contribution in [2.24, 2.45) is 22.9 Å². The first kappa shape index (κ1) is 72.6. The highest BCUT2D eigenvalue weighted by atomic mass is 16.3. The van der Waals surface area contributed by atoms with E-state index < -0.39 is 157 Å². The number of nitrogens with two attached hydrogens (primary N) is 4. The lowest BCUT2D eigenvalue weighted by Gasteiger charge is -2.28. The summed E-state index contributed by atoms with van der Waals surface area (Å²) < 4.78 is 0. The van der Waals surface area contributed by atoms with Gasteiger partial charge in [-0.1, -0.05) is 115 Å². The average Bonchev–Trinajstić information content (AvgIpc) is 1.11. The van der Waals surface area contributed by atoms with E-state index in [4.69, 9.17) is 28.3 Å². The molecule has 504 valence electrons. The quantitative estimate of drug-likeness (QED) is 0.0181. The molecule has 22 N–H and O–H groups in total. The first-order valence-electron chi connectivity index (χ1n) is 30.4. The van der Waals surface area contributed by atoms with Gasteiger partial charge in [0.2, 0.25) is 70.9 Å². The van der Waals surface area contributed by atoms with Crippen LogP contribution in [-0.2, 0) is 89.6 Å². The Labute approximate surface area is 546 Å². The second-order valence-electron chi connectivity index (χ2n) is 22.7. The molecule has 1 heterocycles. The van der Waals surface area contributed by atoms with Gasteiger partial charge in [-0.2, -0.15) is 0 Å². The number of carbonyl (C=O) groups is 12. The van der Waals surface area contributed by atoms with Crippen LogP contribution in [0.5, 0.6) is 11.5 Å². The third kappa shape index (κ3) is 24.3. The number of phenolic OH excluding ortho intramolecular Hbond substituents is 2. The summed E-state index contributed by atoms with van der Waals surface area (Å²) in [6.45, 7) is 0.319. The van der Waals surface area contributed by atoms with Gasteiger partial charge in [-0.3, -0.25) is 62.9 Å². The summed E-state index contributed by atoms with van der Waals surface area (Å²) in [5.41, 5.74) is 25.7. The smallest absolute Gasteiger partial charge is 0.245 e. The topological polar surface area (TPSA) is 506 Å². The summed E-state index contributed by atoms with van der Waals surface area (Å²) in [5, 5.41) is 55.4. The normalized spacial score (nSPS) is 21.0. The highest BCUT2D eigenvalue weighted by Crippen LogP contribution is 2.15. The molecule has 0 aromatic heterocycles. The van der Waals surface area contributed by atoms with E-state index in [0.717, 1.165) is 0 Å². The Morgan fingerprint density at radius 2 is 0.916 bits per heavy atom. The number of hydrogen-bond acceptors (Lipinski definition) is 16. The summed E-state index contributed by atoms with van der Waals surface area (Å²) in [6, 6.07) is 19.7. The summed E-state index contributed by atoms with van der Waals surface area (Å²) in [5.74, 6) is -13.3. The predicted molar refractivity (Wildman–Crippen MR) is 345 cm³/mol. The average molecular weight is 1310 g/mol. The van der Waals surface area contributed by atoms with Gasteiger partial charge in [-0.05, 0) is 78.3 Å². The number of benzene rings is 5. The highest BCUT2D eigenvalue weighted by molar-refractivity contribution is 6.00. The summed E-state index contributed by atoms with van der Waals surface area (Å²) in [4.78, 5) is 171. The second-order valence-corrected chi connectivity index (χ2v) is 22.7. The van der Waals surface area contributed by atoms with Crippen molar-refractivity contribution in [3.05, 3.63) is 167 Å². The molecule has 5 aromatic rings. The predicted octanol–water partition coefficient (Wildman–Crippen LogP) is -3.53. The standard InChI is InChI=1S/C65H80N16O14/c1-36-56(87)76-47(30-37-12-5-2-6-13-37)61(92)80-51(34-54(85)74-46(55(68)86)29-41-21-25-43(83)26-22-41)58(89)72-35-52(81-57(88)44(66)28-40-19-23-42(82)24-20-40)64(95)75-45(18-11-27-71-65(69)70)59(90)77-48(31-38-14-7-3-8-15-38)62(93)78-49(32-39-16-9-4-10-17-39)63(94)79-50(33-53(67)84)60(91)73-36/h2-10,12-17,19-26,36,44-52,82-83H,11,18,27-35,66H2,1H3,(H2,67,84)(H2,68,86)(H,72,89)(H,73,91)(H,74,85)(H,75,95)(H,76,87)(H,77,90)(H,78,93)(H,79,94)(H,80,92)(H,81,88)(H4,69,70,71)/t36-,44-,45?,46-,47?,48?,49-,50?,51-,52-/m0/s1. The number of aromatic hydroxyl groups is 2. The summed E-state index contributed by atoms with van der Waals surface area (Å²) >= 11 is 0. The van der Waals surface area contributed by atoms with E-state index in [1.165, 1.54) is 55.5 Å². The maximum absolute atomic E-state index is 14.9. The van der Waals surface area contributed by atoms with Gasteiger partial charge in [-0.15, -0.1) is 0 Å². The zero-order valence-corrected chi connectivity index (χ0v) is 51.9. The third-order valence-electron chi connectivity index (χ3n) is 15.1. The Morgan fingerprint density at radius 3 is 1.37 bits per heavy atom. The molecule has 95 heavy (non-hydrogen) atoms. The number of phenols is 2. The van der Waals surface area contributed by atoms with Gasteiger partial charge in [0.05, 0.1) is 18.9 Å². The fourth-order valence-electron chi connectivity index (χ4n) is 9.95. The number of hydrogen-bond donors (Lipinski definition) is 18. The molecular formula is C65H80N16O14. The summed E-state index contributed by atoms with van der Waals surface area (Å²) in [7, 11) is 0. The van der Waals surface area contributed by atoms with Gasteiger partial charge in [-0.25, -0.2) is 0 Å². The Kier molecular flexibility index (Phi) is 27.5. The Hall–Kier alpha value is -11.4. The van der Waals surface area contributed by atoms with E-state index in [1.807, 2.05) is 0 Å². The van der Waals surface area contributed by atoms with Gasteiger partial charge < -0.3 is 91.6 Å². The van der Waals surface area contributed by atoms with Crippen LogP contribution in [0.15, 0.2) is 140 Å². The maximum atomic E-state index is 14.9. The zero-order valence-electron chi connectivity index (χ0n) is 51.9.